The Morgan fingerprint density at radius 2 is 1.63 bits per heavy atom. The molecule has 3 nitrogen and oxygen atoms in total. The average Bonchev–Trinajstić information content (AvgIpc) is 3.10. The fourth-order valence-corrected chi connectivity index (χ4v) is 4.51. The van der Waals surface area contributed by atoms with Crippen LogP contribution in [0.2, 0.25) is 5.02 Å². The zero-order valence-corrected chi connectivity index (χ0v) is 15.9. The van der Waals surface area contributed by atoms with Gasteiger partial charge >= 0.3 is 0 Å². The number of rotatable bonds is 4. The van der Waals surface area contributed by atoms with E-state index in [1.54, 1.807) is 40.9 Å². The zero-order valence-electron chi connectivity index (χ0n) is 14.3. The monoisotopic (exact) mass is 393 g/mol. The second-order valence-corrected chi connectivity index (χ2v) is 7.73. The van der Waals surface area contributed by atoms with E-state index in [-0.39, 0.29) is 17.1 Å². The Morgan fingerprint density at radius 3 is 2.33 bits per heavy atom. The van der Waals surface area contributed by atoms with Crippen LogP contribution in [0.25, 0.3) is 0 Å². The number of nitrogens with zero attached hydrogens (tertiary/aromatic N) is 1. The normalized spacial score (nSPS) is 16.6. The van der Waals surface area contributed by atoms with Crippen molar-refractivity contribution in [2.45, 2.75) is 5.37 Å². The number of hydrogen-bond acceptors (Lipinski definition) is 3. The van der Waals surface area contributed by atoms with Crippen molar-refractivity contribution in [1.29, 1.82) is 0 Å². The van der Waals surface area contributed by atoms with E-state index < -0.39 is 0 Å². The lowest BCUT2D eigenvalue weighted by atomic mass is 10.0. The molecular weight excluding hydrogens is 378 g/mol. The van der Waals surface area contributed by atoms with Gasteiger partial charge in [-0.2, -0.15) is 0 Å². The summed E-state index contributed by atoms with van der Waals surface area (Å²) in [5, 5.41) is 0.531. The molecule has 0 aliphatic carbocycles. The minimum Gasteiger partial charge on any atom is -0.295 e. The van der Waals surface area contributed by atoms with Gasteiger partial charge in [-0.15, -0.1) is 11.8 Å². The van der Waals surface area contributed by atoms with E-state index in [1.807, 2.05) is 54.6 Å². The first kappa shape index (κ1) is 17.8. The van der Waals surface area contributed by atoms with Crippen LogP contribution in [-0.4, -0.2) is 17.4 Å². The van der Waals surface area contributed by atoms with E-state index in [2.05, 4.69) is 0 Å². The molecule has 4 rings (SSSR count). The standard InChI is InChI=1S/C22H16ClNO2S/c23-18-8-4-7-17(13-18)22-24(20(25)14-27-22)19-11-9-16(10-12-19)21(26)15-5-2-1-3-6-15/h1-13,22H,14H2. The lowest BCUT2D eigenvalue weighted by Crippen LogP contribution is -2.27. The molecule has 0 bridgehead atoms. The molecule has 27 heavy (non-hydrogen) atoms. The second-order valence-electron chi connectivity index (χ2n) is 6.22. The molecule has 1 saturated heterocycles. The van der Waals surface area contributed by atoms with Gasteiger partial charge in [-0.3, -0.25) is 14.5 Å². The Balaban J connectivity index is 1.62. The summed E-state index contributed by atoms with van der Waals surface area (Å²) in [5.74, 6) is 0.435. The maximum Gasteiger partial charge on any atom is 0.238 e. The summed E-state index contributed by atoms with van der Waals surface area (Å²) in [4.78, 5) is 26.8. The highest BCUT2D eigenvalue weighted by molar-refractivity contribution is 8.00. The van der Waals surface area contributed by atoms with Crippen molar-refractivity contribution in [2.75, 3.05) is 10.7 Å². The average molecular weight is 394 g/mol. The third kappa shape index (κ3) is 3.64. The van der Waals surface area contributed by atoms with Crippen molar-refractivity contribution in [3.63, 3.8) is 0 Å². The molecule has 134 valence electrons. The molecule has 1 unspecified atom stereocenters. The minimum atomic E-state index is -0.119. The van der Waals surface area contributed by atoms with Gasteiger partial charge < -0.3 is 0 Å². The van der Waals surface area contributed by atoms with E-state index in [0.29, 0.717) is 21.9 Å². The molecule has 1 fully saturated rings. The van der Waals surface area contributed by atoms with Gasteiger partial charge in [0.15, 0.2) is 5.78 Å². The summed E-state index contributed by atoms with van der Waals surface area (Å²) < 4.78 is 0. The van der Waals surface area contributed by atoms with Crippen LogP contribution in [0.15, 0.2) is 78.9 Å². The highest BCUT2D eigenvalue weighted by atomic mass is 35.5. The van der Waals surface area contributed by atoms with Gasteiger partial charge in [0.1, 0.15) is 5.37 Å². The fraction of sp³-hybridized carbons (Fsp3) is 0.0909. The lowest BCUT2D eigenvalue weighted by Gasteiger charge is -2.24. The molecule has 1 amide bonds. The predicted octanol–water partition coefficient (Wildman–Crippen LogP) is 5.35. The van der Waals surface area contributed by atoms with Crippen LogP contribution in [-0.2, 0) is 4.79 Å². The first-order chi connectivity index (χ1) is 13.1. The zero-order chi connectivity index (χ0) is 18.8. The minimum absolute atomic E-state index is 0.0318. The summed E-state index contributed by atoms with van der Waals surface area (Å²) >= 11 is 7.69. The SMILES string of the molecule is O=C(c1ccccc1)c1ccc(N2C(=O)CSC2c2cccc(Cl)c2)cc1. The van der Waals surface area contributed by atoms with Crippen LogP contribution in [0.5, 0.6) is 0 Å². The summed E-state index contributed by atoms with van der Waals surface area (Å²) in [6, 6.07) is 23.9. The molecule has 5 heteroatoms. The largest absolute Gasteiger partial charge is 0.295 e. The summed E-state index contributed by atoms with van der Waals surface area (Å²) in [5.41, 5.74) is 3.01. The molecular formula is C22H16ClNO2S. The molecule has 0 aromatic heterocycles. The van der Waals surface area contributed by atoms with Crippen molar-refractivity contribution >= 4 is 40.7 Å². The maximum atomic E-state index is 12.6. The van der Waals surface area contributed by atoms with E-state index in [9.17, 15) is 9.59 Å². The van der Waals surface area contributed by atoms with Gasteiger partial charge in [-0.05, 0) is 42.0 Å². The van der Waals surface area contributed by atoms with Crippen LogP contribution in [0.4, 0.5) is 5.69 Å². The Kier molecular flexibility index (Phi) is 5.01. The molecule has 0 radical (unpaired) electrons. The number of carbonyl (C=O) groups excluding carboxylic acids is 2. The first-order valence-corrected chi connectivity index (χ1v) is 9.95. The molecule has 0 spiro atoms. The number of hydrogen-bond donors (Lipinski definition) is 0. The molecule has 0 saturated carbocycles. The van der Waals surface area contributed by atoms with Crippen molar-refractivity contribution in [1.82, 2.24) is 0 Å². The smallest absolute Gasteiger partial charge is 0.238 e. The molecule has 1 aliphatic rings. The molecule has 0 N–H and O–H groups in total. The Labute approximate surface area is 167 Å². The maximum absolute atomic E-state index is 12.6. The van der Waals surface area contributed by atoms with Crippen LogP contribution < -0.4 is 4.90 Å². The third-order valence-corrected chi connectivity index (χ3v) is 5.89. The Morgan fingerprint density at radius 1 is 0.926 bits per heavy atom. The molecule has 1 atom stereocenters. The van der Waals surface area contributed by atoms with Gasteiger partial charge in [0.2, 0.25) is 5.91 Å². The number of benzene rings is 3. The van der Waals surface area contributed by atoms with E-state index in [0.717, 1.165) is 11.3 Å². The Bertz CT molecular complexity index is 989. The van der Waals surface area contributed by atoms with Gasteiger partial charge in [-0.1, -0.05) is 54.1 Å². The van der Waals surface area contributed by atoms with E-state index >= 15 is 0 Å². The number of anilines is 1. The quantitative estimate of drug-likeness (QED) is 0.561. The number of amides is 1. The van der Waals surface area contributed by atoms with Gasteiger partial charge in [0.05, 0.1) is 5.75 Å². The summed E-state index contributed by atoms with van der Waals surface area (Å²) in [6.45, 7) is 0. The van der Waals surface area contributed by atoms with Crippen LogP contribution in [0, 0.1) is 0 Å². The van der Waals surface area contributed by atoms with E-state index in [1.165, 1.54) is 0 Å². The molecule has 1 aliphatic heterocycles. The number of ketones is 1. The highest BCUT2D eigenvalue weighted by Gasteiger charge is 2.34. The van der Waals surface area contributed by atoms with Crippen molar-refractivity contribution in [3.8, 4) is 0 Å². The number of carbonyl (C=O) groups is 2. The van der Waals surface area contributed by atoms with Crippen molar-refractivity contribution in [3.05, 3.63) is 101 Å². The van der Waals surface area contributed by atoms with E-state index in [4.69, 9.17) is 11.6 Å². The van der Waals surface area contributed by atoms with Crippen molar-refractivity contribution in [2.24, 2.45) is 0 Å². The van der Waals surface area contributed by atoms with Crippen LogP contribution in [0.3, 0.4) is 0 Å². The third-order valence-electron chi connectivity index (χ3n) is 4.45. The summed E-state index contributed by atoms with van der Waals surface area (Å²) in [7, 11) is 0. The number of halogens is 1. The molecule has 3 aromatic carbocycles. The molecule has 1 heterocycles. The van der Waals surface area contributed by atoms with Crippen molar-refractivity contribution < 1.29 is 9.59 Å². The van der Waals surface area contributed by atoms with Gasteiger partial charge in [0.25, 0.3) is 0 Å². The highest BCUT2D eigenvalue weighted by Crippen LogP contribution is 2.42. The first-order valence-electron chi connectivity index (χ1n) is 8.52. The lowest BCUT2D eigenvalue weighted by molar-refractivity contribution is -0.115. The number of thioether (sulfide) groups is 1. The van der Waals surface area contributed by atoms with Crippen LogP contribution >= 0.6 is 23.4 Å². The fourth-order valence-electron chi connectivity index (χ4n) is 3.14. The topological polar surface area (TPSA) is 37.4 Å². The second kappa shape index (κ2) is 7.59. The van der Waals surface area contributed by atoms with Gasteiger partial charge in [0, 0.05) is 21.8 Å². The summed E-state index contributed by atoms with van der Waals surface area (Å²) in [6.07, 6.45) is 0. The van der Waals surface area contributed by atoms with Crippen LogP contribution in [0.1, 0.15) is 26.9 Å². The Hall–Kier alpha value is -2.56. The van der Waals surface area contributed by atoms with Gasteiger partial charge in [-0.25, -0.2) is 0 Å². The molecule has 3 aromatic rings. The predicted molar refractivity (Wildman–Crippen MR) is 110 cm³/mol.